The van der Waals surface area contributed by atoms with Gasteiger partial charge in [-0.15, -0.1) is 0 Å². The number of rotatable bonds is 2. The molecule has 0 saturated carbocycles. The number of hydrogen-bond donors (Lipinski definition) is 1. The maximum Gasteiger partial charge on any atom is 0.417 e. The van der Waals surface area contributed by atoms with Gasteiger partial charge >= 0.3 is 12.1 Å². The summed E-state index contributed by atoms with van der Waals surface area (Å²) >= 11 is 0. The number of carboxylic acids is 1. The van der Waals surface area contributed by atoms with Gasteiger partial charge in [-0.3, -0.25) is 0 Å². The van der Waals surface area contributed by atoms with E-state index in [2.05, 4.69) is 0 Å². The Kier molecular flexibility index (Phi) is 3.66. The number of aromatic carboxylic acids is 1. The monoisotopic (exact) mass is 275 g/mol. The predicted octanol–water partition coefficient (Wildman–Crippen LogP) is 2.24. The second-order valence-electron chi connectivity index (χ2n) is 4.10. The fourth-order valence-electron chi connectivity index (χ4n) is 2.07. The smallest absolute Gasteiger partial charge is 0.417 e. The quantitative estimate of drug-likeness (QED) is 0.899. The van der Waals surface area contributed by atoms with E-state index >= 15 is 0 Å². The Morgan fingerprint density at radius 2 is 1.89 bits per heavy atom. The Bertz CT molecular complexity index is 482. The van der Waals surface area contributed by atoms with Crippen molar-refractivity contribution in [3.63, 3.8) is 0 Å². The summed E-state index contributed by atoms with van der Waals surface area (Å²) < 4.78 is 43.7. The van der Waals surface area contributed by atoms with E-state index in [-0.39, 0.29) is 5.69 Å². The zero-order valence-corrected chi connectivity index (χ0v) is 9.91. The van der Waals surface area contributed by atoms with Crippen LogP contribution >= 0.6 is 0 Å². The van der Waals surface area contributed by atoms with Crippen LogP contribution < -0.4 is 4.90 Å². The molecule has 1 N–H and O–H groups in total. The summed E-state index contributed by atoms with van der Waals surface area (Å²) in [6, 6.07) is 3.40. The van der Waals surface area contributed by atoms with Gasteiger partial charge in [0.2, 0.25) is 0 Å². The fraction of sp³-hybridized carbons (Fsp3) is 0.417. The average Bonchev–Trinajstić information content (AvgIpc) is 2.37. The molecule has 0 aromatic heterocycles. The highest BCUT2D eigenvalue weighted by molar-refractivity contribution is 5.96. The van der Waals surface area contributed by atoms with E-state index in [9.17, 15) is 18.0 Å². The van der Waals surface area contributed by atoms with E-state index in [0.29, 0.717) is 26.3 Å². The van der Waals surface area contributed by atoms with E-state index in [4.69, 9.17) is 9.84 Å². The van der Waals surface area contributed by atoms with E-state index in [0.717, 1.165) is 6.07 Å². The van der Waals surface area contributed by atoms with Crippen LogP contribution in [0.15, 0.2) is 18.2 Å². The van der Waals surface area contributed by atoms with Gasteiger partial charge in [0.15, 0.2) is 0 Å². The van der Waals surface area contributed by atoms with Crippen LogP contribution in [0.4, 0.5) is 18.9 Å². The third-order valence-corrected chi connectivity index (χ3v) is 2.91. The number of alkyl halides is 3. The molecule has 0 bridgehead atoms. The van der Waals surface area contributed by atoms with E-state index in [1.165, 1.54) is 12.1 Å². The summed E-state index contributed by atoms with van der Waals surface area (Å²) in [7, 11) is 0. The number of hydrogen-bond acceptors (Lipinski definition) is 3. The average molecular weight is 275 g/mol. The molecule has 1 aliphatic heterocycles. The van der Waals surface area contributed by atoms with Crippen LogP contribution in [-0.4, -0.2) is 37.4 Å². The standard InChI is InChI=1S/C12H12F3NO3/c13-12(14,15)8-2-1-3-9(10(8)11(17)18)16-4-6-19-7-5-16/h1-3H,4-7H2,(H,17,18). The number of benzene rings is 1. The first kappa shape index (κ1) is 13.7. The number of halogens is 3. The minimum absolute atomic E-state index is 0.0885. The summed E-state index contributed by atoms with van der Waals surface area (Å²) in [5.41, 5.74) is -1.73. The van der Waals surface area contributed by atoms with Crippen LogP contribution in [0.5, 0.6) is 0 Å². The number of carbonyl (C=O) groups is 1. The third-order valence-electron chi connectivity index (χ3n) is 2.91. The number of ether oxygens (including phenoxy) is 1. The first-order valence-corrected chi connectivity index (χ1v) is 5.67. The molecule has 19 heavy (non-hydrogen) atoms. The summed E-state index contributed by atoms with van der Waals surface area (Å²) in [6.07, 6.45) is -4.68. The van der Waals surface area contributed by atoms with Crippen molar-refractivity contribution in [2.45, 2.75) is 6.18 Å². The van der Waals surface area contributed by atoms with Crippen LogP contribution in [-0.2, 0) is 10.9 Å². The number of carboxylic acid groups (broad SMARTS) is 1. The highest BCUT2D eigenvalue weighted by Gasteiger charge is 2.37. The largest absolute Gasteiger partial charge is 0.478 e. The molecule has 104 valence electrons. The van der Waals surface area contributed by atoms with Gasteiger partial charge < -0.3 is 14.7 Å². The molecule has 0 amide bonds. The first-order valence-electron chi connectivity index (χ1n) is 5.67. The molecule has 0 spiro atoms. The highest BCUT2D eigenvalue weighted by atomic mass is 19.4. The Hall–Kier alpha value is -1.76. The molecular weight excluding hydrogens is 263 g/mol. The zero-order valence-electron chi connectivity index (χ0n) is 9.91. The van der Waals surface area contributed by atoms with Crippen molar-refractivity contribution < 1.29 is 27.8 Å². The number of anilines is 1. The maximum atomic E-state index is 12.8. The lowest BCUT2D eigenvalue weighted by Gasteiger charge is -2.30. The van der Waals surface area contributed by atoms with E-state index < -0.39 is 23.3 Å². The van der Waals surface area contributed by atoms with Crippen LogP contribution in [0.2, 0.25) is 0 Å². The molecule has 0 unspecified atom stereocenters. The third kappa shape index (κ3) is 2.81. The Morgan fingerprint density at radius 1 is 1.26 bits per heavy atom. The lowest BCUT2D eigenvalue weighted by atomic mass is 10.0. The molecule has 4 nitrogen and oxygen atoms in total. The summed E-state index contributed by atoms with van der Waals surface area (Å²) in [6.45, 7) is 1.49. The SMILES string of the molecule is O=C(O)c1c(N2CCOCC2)cccc1C(F)(F)F. The molecule has 0 atom stereocenters. The van der Waals surface area contributed by atoms with Gasteiger partial charge in [0.25, 0.3) is 0 Å². The van der Waals surface area contributed by atoms with Crippen molar-refractivity contribution >= 4 is 11.7 Å². The molecule has 1 fully saturated rings. The Balaban J connectivity index is 2.51. The van der Waals surface area contributed by atoms with Gasteiger partial charge in [-0.1, -0.05) is 6.07 Å². The number of nitrogens with zero attached hydrogens (tertiary/aromatic N) is 1. The predicted molar refractivity (Wildman–Crippen MR) is 61.4 cm³/mol. The van der Waals surface area contributed by atoms with E-state index in [1.54, 1.807) is 4.90 Å². The zero-order chi connectivity index (χ0) is 14.0. The maximum absolute atomic E-state index is 12.8. The molecule has 7 heteroatoms. The molecule has 1 aromatic carbocycles. The Labute approximate surface area is 107 Å². The van der Waals surface area contributed by atoms with Crippen LogP contribution in [0.3, 0.4) is 0 Å². The molecule has 1 heterocycles. The second kappa shape index (κ2) is 5.08. The minimum atomic E-state index is -4.68. The van der Waals surface area contributed by atoms with Gasteiger partial charge in [-0.2, -0.15) is 13.2 Å². The fourth-order valence-corrected chi connectivity index (χ4v) is 2.07. The van der Waals surface area contributed by atoms with Crippen LogP contribution in [0.25, 0.3) is 0 Å². The van der Waals surface area contributed by atoms with Crippen molar-refractivity contribution in [1.29, 1.82) is 0 Å². The molecule has 1 aliphatic rings. The number of morpholine rings is 1. The van der Waals surface area contributed by atoms with Crippen molar-refractivity contribution in [2.24, 2.45) is 0 Å². The van der Waals surface area contributed by atoms with Gasteiger partial charge in [-0.05, 0) is 12.1 Å². The van der Waals surface area contributed by atoms with Crippen molar-refractivity contribution in [1.82, 2.24) is 0 Å². The summed E-state index contributed by atoms with van der Waals surface area (Å²) in [4.78, 5) is 12.8. The van der Waals surface area contributed by atoms with Crippen molar-refractivity contribution in [2.75, 3.05) is 31.2 Å². The molecule has 0 aliphatic carbocycles. The van der Waals surface area contributed by atoms with Crippen molar-refractivity contribution in [3.05, 3.63) is 29.3 Å². The van der Waals surface area contributed by atoms with Crippen LogP contribution in [0.1, 0.15) is 15.9 Å². The van der Waals surface area contributed by atoms with Gasteiger partial charge in [0.1, 0.15) is 0 Å². The topological polar surface area (TPSA) is 49.8 Å². The first-order chi connectivity index (χ1) is 8.91. The van der Waals surface area contributed by atoms with Gasteiger partial charge in [-0.25, -0.2) is 4.79 Å². The van der Waals surface area contributed by atoms with Crippen LogP contribution in [0, 0.1) is 0 Å². The molecule has 0 radical (unpaired) electrons. The minimum Gasteiger partial charge on any atom is -0.478 e. The second-order valence-corrected chi connectivity index (χ2v) is 4.10. The normalized spacial score (nSPS) is 16.5. The summed E-state index contributed by atoms with van der Waals surface area (Å²) in [5, 5.41) is 9.08. The lowest BCUT2D eigenvalue weighted by molar-refractivity contribution is -0.138. The van der Waals surface area contributed by atoms with E-state index in [1.807, 2.05) is 0 Å². The van der Waals surface area contributed by atoms with Crippen molar-refractivity contribution in [3.8, 4) is 0 Å². The lowest BCUT2D eigenvalue weighted by Crippen LogP contribution is -2.37. The Morgan fingerprint density at radius 3 is 2.42 bits per heavy atom. The molecule has 1 saturated heterocycles. The summed E-state index contributed by atoms with van der Waals surface area (Å²) in [5.74, 6) is -1.57. The molecular formula is C12H12F3NO3. The highest BCUT2D eigenvalue weighted by Crippen LogP contribution is 2.36. The van der Waals surface area contributed by atoms with Gasteiger partial charge in [0, 0.05) is 13.1 Å². The van der Waals surface area contributed by atoms with Gasteiger partial charge in [0.05, 0.1) is 30.0 Å². The molecule has 1 aromatic rings. The molecule has 2 rings (SSSR count).